The summed E-state index contributed by atoms with van der Waals surface area (Å²) in [4.78, 5) is 21.5. The van der Waals surface area contributed by atoms with Gasteiger partial charge in [0.05, 0.1) is 34.0 Å². The van der Waals surface area contributed by atoms with E-state index in [0.29, 0.717) is 23.1 Å². The van der Waals surface area contributed by atoms with Gasteiger partial charge < -0.3 is 24.3 Å². The Balaban J connectivity index is 2.00. The first-order valence-electron chi connectivity index (χ1n) is 10.2. The monoisotopic (exact) mass is 437 g/mol. The number of aromatic nitrogens is 2. The van der Waals surface area contributed by atoms with Crippen molar-refractivity contribution < 1.29 is 23.7 Å². The fraction of sp³-hybridized carbons (Fsp3) is 0.292. The summed E-state index contributed by atoms with van der Waals surface area (Å²) >= 11 is 0. The smallest absolute Gasteiger partial charge is 0.343 e. The SMILES string of the molecule is CCOC(=O)c1cnc(-c2ccc(OC)c(OC)c2)nc1NC(C)c1cccc(OC)c1. The molecule has 1 heterocycles. The number of carbonyl (C=O) groups is 1. The Bertz CT molecular complexity index is 1090. The van der Waals surface area contributed by atoms with Crippen LogP contribution in [0.2, 0.25) is 0 Å². The molecule has 0 fully saturated rings. The van der Waals surface area contributed by atoms with Crippen LogP contribution in [-0.4, -0.2) is 43.9 Å². The minimum atomic E-state index is -0.494. The highest BCUT2D eigenvalue weighted by molar-refractivity contribution is 5.94. The molecule has 0 saturated heterocycles. The molecule has 168 valence electrons. The average Bonchev–Trinajstić information content (AvgIpc) is 2.83. The maximum atomic E-state index is 12.5. The molecule has 0 spiro atoms. The standard InChI is InChI=1S/C24H27N3O5/c1-6-32-24(28)19-14-25-22(17-10-11-20(30-4)21(13-17)31-5)27-23(19)26-15(2)16-8-7-9-18(12-16)29-3/h7-15H,6H2,1-5H3,(H,25,26,27). The van der Waals surface area contributed by atoms with Gasteiger partial charge in [-0.3, -0.25) is 0 Å². The van der Waals surface area contributed by atoms with Crippen LogP contribution in [0, 0.1) is 0 Å². The fourth-order valence-electron chi connectivity index (χ4n) is 3.16. The molecule has 0 radical (unpaired) electrons. The normalized spacial score (nSPS) is 11.4. The fourth-order valence-corrected chi connectivity index (χ4v) is 3.16. The number of hydrogen-bond donors (Lipinski definition) is 1. The molecule has 1 aromatic heterocycles. The molecule has 0 amide bonds. The van der Waals surface area contributed by atoms with Gasteiger partial charge in [-0.15, -0.1) is 0 Å². The lowest BCUT2D eigenvalue weighted by Crippen LogP contribution is -2.15. The van der Waals surface area contributed by atoms with Crippen molar-refractivity contribution in [3.63, 3.8) is 0 Å². The number of benzene rings is 2. The largest absolute Gasteiger partial charge is 0.497 e. The van der Waals surface area contributed by atoms with E-state index in [-0.39, 0.29) is 18.2 Å². The summed E-state index contributed by atoms with van der Waals surface area (Å²) in [6, 6.07) is 12.9. The predicted molar refractivity (Wildman–Crippen MR) is 122 cm³/mol. The van der Waals surface area contributed by atoms with Crippen LogP contribution in [0.5, 0.6) is 17.2 Å². The molecule has 0 saturated carbocycles. The van der Waals surface area contributed by atoms with Crippen molar-refractivity contribution >= 4 is 11.8 Å². The minimum Gasteiger partial charge on any atom is -0.497 e. The highest BCUT2D eigenvalue weighted by Gasteiger charge is 2.19. The summed E-state index contributed by atoms with van der Waals surface area (Å²) in [5, 5.41) is 3.32. The van der Waals surface area contributed by atoms with E-state index in [1.54, 1.807) is 40.4 Å². The Hall–Kier alpha value is -3.81. The summed E-state index contributed by atoms with van der Waals surface area (Å²) in [5.74, 6) is 2.21. The van der Waals surface area contributed by atoms with Crippen molar-refractivity contribution in [1.29, 1.82) is 0 Å². The van der Waals surface area contributed by atoms with E-state index in [1.807, 2.05) is 37.3 Å². The number of rotatable bonds is 9. The third-order valence-corrected chi connectivity index (χ3v) is 4.87. The minimum absolute atomic E-state index is 0.161. The molecule has 1 N–H and O–H groups in total. The predicted octanol–water partition coefficient (Wildman–Crippen LogP) is 4.52. The molecule has 0 aliphatic heterocycles. The van der Waals surface area contributed by atoms with Crippen molar-refractivity contribution in [2.45, 2.75) is 19.9 Å². The number of esters is 1. The van der Waals surface area contributed by atoms with E-state index in [4.69, 9.17) is 18.9 Å². The topological polar surface area (TPSA) is 91.8 Å². The number of ether oxygens (including phenoxy) is 4. The molecule has 32 heavy (non-hydrogen) atoms. The summed E-state index contributed by atoms with van der Waals surface area (Å²) in [7, 11) is 4.76. The molecule has 0 aliphatic rings. The van der Waals surface area contributed by atoms with Gasteiger partial charge in [0.1, 0.15) is 17.1 Å². The maximum absolute atomic E-state index is 12.5. The Morgan fingerprint density at radius 3 is 2.50 bits per heavy atom. The van der Waals surface area contributed by atoms with Crippen LogP contribution in [0.3, 0.4) is 0 Å². The summed E-state index contributed by atoms with van der Waals surface area (Å²) in [6.45, 7) is 3.98. The van der Waals surface area contributed by atoms with Crippen molar-refractivity contribution in [1.82, 2.24) is 9.97 Å². The number of hydrogen-bond acceptors (Lipinski definition) is 8. The second-order valence-electron chi connectivity index (χ2n) is 6.89. The molecular formula is C24H27N3O5. The number of nitrogens with one attached hydrogen (secondary N) is 1. The first kappa shape index (κ1) is 22.9. The quantitative estimate of drug-likeness (QED) is 0.489. The van der Waals surface area contributed by atoms with E-state index in [2.05, 4.69) is 15.3 Å². The van der Waals surface area contributed by atoms with Crippen LogP contribution in [0.25, 0.3) is 11.4 Å². The van der Waals surface area contributed by atoms with Crippen LogP contribution in [0.15, 0.2) is 48.7 Å². The lowest BCUT2D eigenvalue weighted by molar-refractivity contribution is 0.0526. The average molecular weight is 437 g/mol. The molecule has 3 aromatic rings. The van der Waals surface area contributed by atoms with Crippen LogP contribution in [-0.2, 0) is 4.74 Å². The van der Waals surface area contributed by atoms with Crippen molar-refractivity contribution in [2.24, 2.45) is 0 Å². The lowest BCUT2D eigenvalue weighted by atomic mass is 10.1. The molecule has 1 unspecified atom stereocenters. The molecule has 2 aromatic carbocycles. The van der Waals surface area contributed by atoms with E-state index in [9.17, 15) is 4.79 Å². The van der Waals surface area contributed by atoms with E-state index >= 15 is 0 Å². The summed E-state index contributed by atoms with van der Waals surface area (Å²) in [6.07, 6.45) is 1.47. The molecule has 3 rings (SSSR count). The number of methoxy groups -OCH3 is 3. The highest BCUT2D eigenvalue weighted by atomic mass is 16.5. The number of anilines is 1. The lowest BCUT2D eigenvalue weighted by Gasteiger charge is -2.18. The number of nitrogens with zero attached hydrogens (tertiary/aromatic N) is 2. The third kappa shape index (κ3) is 5.08. The van der Waals surface area contributed by atoms with Gasteiger partial charge in [0.2, 0.25) is 0 Å². The summed E-state index contributed by atoms with van der Waals surface area (Å²) < 4.78 is 21.2. The zero-order valence-corrected chi connectivity index (χ0v) is 18.8. The Kier molecular flexibility index (Phi) is 7.49. The van der Waals surface area contributed by atoms with Gasteiger partial charge in [0.25, 0.3) is 0 Å². The van der Waals surface area contributed by atoms with Gasteiger partial charge in [-0.05, 0) is 49.7 Å². The van der Waals surface area contributed by atoms with E-state index in [1.165, 1.54) is 6.20 Å². The Morgan fingerprint density at radius 1 is 1.03 bits per heavy atom. The van der Waals surface area contributed by atoms with Crippen molar-refractivity contribution in [3.8, 4) is 28.6 Å². The van der Waals surface area contributed by atoms with Crippen LogP contribution >= 0.6 is 0 Å². The van der Waals surface area contributed by atoms with E-state index < -0.39 is 5.97 Å². The Morgan fingerprint density at radius 2 is 1.81 bits per heavy atom. The molecule has 0 bridgehead atoms. The van der Waals surface area contributed by atoms with Crippen LogP contribution in [0.1, 0.15) is 35.8 Å². The van der Waals surface area contributed by atoms with E-state index in [0.717, 1.165) is 16.9 Å². The molecule has 8 nitrogen and oxygen atoms in total. The Labute approximate surface area is 187 Å². The zero-order valence-electron chi connectivity index (χ0n) is 18.8. The molecular weight excluding hydrogens is 410 g/mol. The maximum Gasteiger partial charge on any atom is 0.343 e. The van der Waals surface area contributed by atoms with Crippen LogP contribution in [0.4, 0.5) is 5.82 Å². The molecule has 1 atom stereocenters. The summed E-state index contributed by atoms with van der Waals surface area (Å²) in [5.41, 5.74) is 1.95. The number of carbonyl (C=O) groups excluding carboxylic acids is 1. The van der Waals surface area contributed by atoms with Gasteiger partial charge >= 0.3 is 5.97 Å². The van der Waals surface area contributed by atoms with Crippen LogP contribution < -0.4 is 19.5 Å². The van der Waals surface area contributed by atoms with Gasteiger partial charge in [0, 0.05) is 11.8 Å². The second kappa shape index (κ2) is 10.5. The first-order valence-corrected chi connectivity index (χ1v) is 10.2. The van der Waals surface area contributed by atoms with Gasteiger partial charge in [0.15, 0.2) is 17.3 Å². The highest BCUT2D eigenvalue weighted by Crippen LogP contribution is 2.32. The van der Waals surface area contributed by atoms with Gasteiger partial charge in [-0.1, -0.05) is 12.1 Å². The van der Waals surface area contributed by atoms with Crippen molar-refractivity contribution in [3.05, 3.63) is 59.8 Å². The second-order valence-corrected chi connectivity index (χ2v) is 6.89. The first-order chi connectivity index (χ1) is 15.5. The molecule has 0 aliphatic carbocycles. The molecule has 8 heteroatoms. The van der Waals surface area contributed by atoms with Gasteiger partial charge in [-0.2, -0.15) is 0 Å². The zero-order chi connectivity index (χ0) is 23.1. The third-order valence-electron chi connectivity index (χ3n) is 4.87. The van der Waals surface area contributed by atoms with Gasteiger partial charge in [-0.25, -0.2) is 14.8 Å². The van der Waals surface area contributed by atoms with Crippen molar-refractivity contribution in [2.75, 3.05) is 33.3 Å².